The first-order valence-electron chi connectivity index (χ1n) is 5.54. The summed E-state index contributed by atoms with van der Waals surface area (Å²) in [6, 6.07) is 4.80. The molecule has 1 aromatic heterocycles. The zero-order valence-corrected chi connectivity index (χ0v) is 9.96. The van der Waals surface area contributed by atoms with Gasteiger partial charge in [0.2, 0.25) is 0 Å². The number of hydrogen-bond donors (Lipinski definition) is 1. The predicted molar refractivity (Wildman–Crippen MR) is 65.6 cm³/mol. The number of carbonyl (C=O) groups is 1. The van der Waals surface area contributed by atoms with Crippen LogP contribution in [0.2, 0.25) is 0 Å². The number of fused-ring (bicyclic) bond motifs is 1. The van der Waals surface area contributed by atoms with Crippen molar-refractivity contribution in [2.24, 2.45) is 12.8 Å². The molecule has 1 aromatic carbocycles. The second kappa shape index (κ2) is 4.30. The van der Waals surface area contributed by atoms with E-state index in [0.29, 0.717) is 23.0 Å². The molecule has 0 unspecified atom stereocenters. The minimum absolute atomic E-state index is 0.0267. The van der Waals surface area contributed by atoms with E-state index >= 15 is 0 Å². The number of halogens is 1. The molecule has 0 aliphatic carbocycles. The Balaban J connectivity index is 2.76. The third kappa shape index (κ3) is 1.74. The molecule has 0 saturated heterocycles. The van der Waals surface area contributed by atoms with Crippen molar-refractivity contribution < 1.29 is 9.18 Å². The monoisotopic (exact) mass is 234 g/mol. The molecule has 0 aliphatic heterocycles. The van der Waals surface area contributed by atoms with Crippen molar-refractivity contribution in [1.29, 1.82) is 0 Å². The molecule has 3 nitrogen and oxygen atoms in total. The lowest BCUT2D eigenvalue weighted by Crippen LogP contribution is -2.09. The number of Topliss-reactive ketones (excluding diaryl/α,β-unsaturated/α-hetero) is 1. The number of aromatic nitrogens is 1. The lowest BCUT2D eigenvalue weighted by molar-refractivity contribution is 0.0986. The van der Waals surface area contributed by atoms with E-state index < -0.39 is 0 Å². The van der Waals surface area contributed by atoms with E-state index in [-0.39, 0.29) is 18.0 Å². The number of ketones is 1. The fourth-order valence-electron chi connectivity index (χ4n) is 2.20. The van der Waals surface area contributed by atoms with E-state index in [1.54, 1.807) is 23.7 Å². The molecule has 17 heavy (non-hydrogen) atoms. The van der Waals surface area contributed by atoms with Gasteiger partial charge in [-0.25, -0.2) is 4.39 Å². The predicted octanol–water partition coefficient (Wildman–Crippen LogP) is 2.16. The van der Waals surface area contributed by atoms with Crippen LogP contribution in [0.15, 0.2) is 18.2 Å². The van der Waals surface area contributed by atoms with Crippen molar-refractivity contribution in [2.45, 2.75) is 13.3 Å². The standard InChI is InChI=1S/C13H15FN2O/c1-8-12(11(17)6-7-15)9-4-3-5-10(14)13(9)16(8)2/h3-5H,6-7,15H2,1-2H3. The Bertz CT molecular complexity index is 587. The number of carbonyl (C=O) groups excluding carboxylic acids is 1. The quantitative estimate of drug-likeness (QED) is 0.827. The van der Waals surface area contributed by atoms with E-state index in [4.69, 9.17) is 5.73 Å². The third-order valence-corrected chi connectivity index (χ3v) is 3.11. The fourth-order valence-corrected chi connectivity index (χ4v) is 2.20. The van der Waals surface area contributed by atoms with Crippen molar-refractivity contribution in [3.05, 3.63) is 35.3 Å². The summed E-state index contributed by atoms with van der Waals surface area (Å²) in [5, 5.41) is 0.670. The first-order valence-corrected chi connectivity index (χ1v) is 5.54. The summed E-state index contributed by atoms with van der Waals surface area (Å²) in [5.41, 5.74) is 7.24. The van der Waals surface area contributed by atoms with Gasteiger partial charge in [0.15, 0.2) is 5.78 Å². The molecular formula is C13H15FN2O. The number of para-hydroxylation sites is 1. The van der Waals surface area contributed by atoms with Gasteiger partial charge in [-0.2, -0.15) is 0 Å². The number of benzene rings is 1. The zero-order valence-electron chi connectivity index (χ0n) is 9.96. The molecule has 0 radical (unpaired) electrons. The highest BCUT2D eigenvalue weighted by Crippen LogP contribution is 2.27. The van der Waals surface area contributed by atoms with Crippen molar-refractivity contribution in [3.8, 4) is 0 Å². The summed E-state index contributed by atoms with van der Waals surface area (Å²) in [4.78, 5) is 12.0. The van der Waals surface area contributed by atoms with Crippen LogP contribution in [0.4, 0.5) is 4.39 Å². The largest absolute Gasteiger partial charge is 0.345 e. The summed E-state index contributed by atoms with van der Waals surface area (Å²) < 4.78 is 15.4. The van der Waals surface area contributed by atoms with Gasteiger partial charge in [0.05, 0.1) is 5.52 Å². The molecule has 2 rings (SSSR count). The second-order valence-electron chi connectivity index (χ2n) is 4.12. The van der Waals surface area contributed by atoms with E-state index in [1.807, 2.05) is 6.92 Å². The van der Waals surface area contributed by atoms with Crippen LogP contribution in [0.1, 0.15) is 22.5 Å². The number of nitrogens with zero attached hydrogens (tertiary/aromatic N) is 1. The summed E-state index contributed by atoms with van der Waals surface area (Å²) in [7, 11) is 1.76. The zero-order chi connectivity index (χ0) is 12.6. The highest BCUT2D eigenvalue weighted by Gasteiger charge is 2.19. The highest BCUT2D eigenvalue weighted by molar-refractivity contribution is 6.09. The van der Waals surface area contributed by atoms with Gasteiger partial charge in [0.25, 0.3) is 0 Å². The summed E-state index contributed by atoms with van der Waals surface area (Å²) in [6.07, 6.45) is 0.288. The van der Waals surface area contributed by atoms with Gasteiger partial charge >= 0.3 is 0 Å². The molecule has 0 saturated carbocycles. The Hall–Kier alpha value is -1.68. The molecule has 0 atom stereocenters. The molecule has 0 aliphatic rings. The molecule has 0 spiro atoms. The van der Waals surface area contributed by atoms with Crippen LogP contribution in [-0.4, -0.2) is 16.9 Å². The van der Waals surface area contributed by atoms with Crippen LogP contribution in [0.5, 0.6) is 0 Å². The maximum absolute atomic E-state index is 13.7. The van der Waals surface area contributed by atoms with Gasteiger partial charge in [-0.3, -0.25) is 4.79 Å². The second-order valence-corrected chi connectivity index (χ2v) is 4.12. The van der Waals surface area contributed by atoms with Crippen molar-refractivity contribution >= 4 is 16.7 Å². The van der Waals surface area contributed by atoms with Crippen molar-refractivity contribution in [1.82, 2.24) is 4.57 Å². The lowest BCUT2D eigenvalue weighted by Gasteiger charge is -2.00. The normalized spacial score (nSPS) is 11.1. The van der Waals surface area contributed by atoms with E-state index in [9.17, 15) is 9.18 Å². The number of hydrogen-bond acceptors (Lipinski definition) is 2. The Kier molecular flexibility index (Phi) is 2.98. The maximum Gasteiger partial charge on any atom is 0.166 e. The van der Waals surface area contributed by atoms with Gasteiger partial charge < -0.3 is 10.3 Å². The Morgan fingerprint density at radius 2 is 2.18 bits per heavy atom. The minimum atomic E-state index is -0.306. The number of rotatable bonds is 3. The SMILES string of the molecule is Cc1c(C(=O)CCN)c2cccc(F)c2n1C. The minimum Gasteiger partial charge on any atom is -0.345 e. The van der Waals surface area contributed by atoms with Gasteiger partial charge in [0, 0.05) is 30.1 Å². The third-order valence-electron chi connectivity index (χ3n) is 3.11. The Morgan fingerprint density at radius 3 is 2.82 bits per heavy atom. The molecular weight excluding hydrogens is 219 g/mol. The molecule has 2 aromatic rings. The van der Waals surface area contributed by atoms with E-state index in [2.05, 4.69) is 0 Å². The van der Waals surface area contributed by atoms with Crippen molar-refractivity contribution in [2.75, 3.05) is 6.54 Å². The Morgan fingerprint density at radius 1 is 1.47 bits per heavy atom. The molecule has 0 fully saturated rings. The van der Waals surface area contributed by atoms with E-state index in [1.165, 1.54) is 6.07 Å². The summed E-state index contributed by atoms with van der Waals surface area (Å²) in [5.74, 6) is -0.332. The molecule has 90 valence electrons. The summed E-state index contributed by atoms with van der Waals surface area (Å²) in [6.45, 7) is 2.13. The van der Waals surface area contributed by atoms with Gasteiger partial charge in [0.1, 0.15) is 5.82 Å². The highest BCUT2D eigenvalue weighted by atomic mass is 19.1. The van der Waals surface area contributed by atoms with Crippen LogP contribution in [0.25, 0.3) is 10.9 Å². The van der Waals surface area contributed by atoms with E-state index in [0.717, 1.165) is 5.69 Å². The molecule has 4 heteroatoms. The molecule has 2 N–H and O–H groups in total. The van der Waals surface area contributed by atoms with Crippen molar-refractivity contribution in [3.63, 3.8) is 0 Å². The van der Waals surface area contributed by atoms with Crippen LogP contribution >= 0.6 is 0 Å². The molecule has 0 bridgehead atoms. The first-order chi connectivity index (χ1) is 8.07. The Labute approximate surface area is 99.0 Å². The van der Waals surface area contributed by atoms with Crippen LogP contribution in [0.3, 0.4) is 0 Å². The fraction of sp³-hybridized carbons (Fsp3) is 0.308. The average Bonchev–Trinajstić information content (AvgIpc) is 2.53. The first kappa shape index (κ1) is 11.8. The van der Waals surface area contributed by atoms with Crippen LogP contribution in [0, 0.1) is 12.7 Å². The van der Waals surface area contributed by atoms with Crippen LogP contribution in [-0.2, 0) is 7.05 Å². The van der Waals surface area contributed by atoms with Gasteiger partial charge in [-0.1, -0.05) is 12.1 Å². The van der Waals surface area contributed by atoms with Gasteiger partial charge in [-0.15, -0.1) is 0 Å². The lowest BCUT2D eigenvalue weighted by atomic mass is 10.0. The number of aryl methyl sites for hydroxylation is 1. The average molecular weight is 234 g/mol. The topological polar surface area (TPSA) is 48.0 Å². The van der Waals surface area contributed by atoms with Crippen LogP contribution < -0.4 is 5.73 Å². The summed E-state index contributed by atoms with van der Waals surface area (Å²) >= 11 is 0. The molecule has 1 heterocycles. The molecule has 0 amide bonds. The van der Waals surface area contributed by atoms with Gasteiger partial charge in [-0.05, 0) is 19.5 Å². The number of nitrogens with two attached hydrogens (primary N) is 1. The maximum atomic E-state index is 13.7. The smallest absolute Gasteiger partial charge is 0.166 e.